The van der Waals surface area contributed by atoms with Crippen molar-refractivity contribution < 1.29 is 37.0 Å². The van der Waals surface area contributed by atoms with Crippen molar-refractivity contribution in [2.45, 2.75) is 49.9 Å². The number of carbonyl (C=O) groups excluding carboxylic acids is 1. The Bertz CT molecular complexity index is 996. The molecular weight excluding hydrogens is 453 g/mol. The lowest BCUT2D eigenvalue weighted by molar-refractivity contribution is -0.192. The molecule has 0 bridgehead atoms. The highest BCUT2D eigenvalue weighted by Gasteiger charge is 2.44. The van der Waals surface area contributed by atoms with Crippen LogP contribution in [0.4, 0.5) is 13.2 Å². The minimum atomic E-state index is -5.08. The number of alkyl halides is 3. The van der Waals surface area contributed by atoms with Gasteiger partial charge in [-0.2, -0.15) is 13.2 Å². The van der Waals surface area contributed by atoms with Gasteiger partial charge in [0, 0.05) is 31.6 Å². The highest BCUT2D eigenvalue weighted by atomic mass is 19.4. The van der Waals surface area contributed by atoms with Gasteiger partial charge in [0.05, 0.1) is 12.3 Å². The molecule has 3 aliphatic rings. The Morgan fingerprint density at radius 1 is 1.12 bits per heavy atom. The summed E-state index contributed by atoms with van der Waals surface area (Å²) in [6.45, 7) is 3.40. The molecule has 1 aromatic heterocycles. The third-order valence-electron chi connectivity index (χ3n) is 6.47. The van der Waals surface area contributed by atoms with Gasteiger partial charge in [0.1, 0.15) is 11.4 Å². The Balaban J connectivity index is 0.000000344. The largest absolute Gasteiger partial charge is 0.490 e. The first-order valence-corrected chi connectivity index (χ1v) is 11.3. The van der Waals surface area contributed by atoms with E-state index in [0.717, 1.165) is 49.6 Å². The summed E-state index contributed by atoms with van der Waals surface area (Å²) in [4.78, 5) is 24.1. The van der Waals surface area contributed by atoms with E-state index in [0.29, 0.717) is 5.76 Å². The predicted octanol–water partition coefficient (Wildman–Crippen LogP) is 4.41. The summed E-state index contributed by atoms with van der Waals surface area (Å²) in [5.74, 6) is -0.737. The number of fused-ring (bicyclic) bond motifs is 1. The Morgan fingerprint density at radius 3 is 2.38 bits per heavy atom. The van der Waals surface area contributed by atoms with Crippen LogP contribution >= 0.6 is 0 Å². The van der Waals surface area contributed by atoms with Gasteiger partial charge in [-0.05, 0) is 49.8 Å². The molecule has 1 spiro atoms. The number of aliphatic carboxylic acids is 1. The Morgan fingerprint density at radius 2 is 1.79 bits per heavy atom. The van der Waals surface area contributed by atoms with Gasteiger partial charge in [-0.15, -0.1) is 0 Å². The molecule has 1 atom stereocenters. The van der Waals surface area contributed by atoms with Crippen LogP contribution in [0.15, 0.2) is 47.1 Å². The van der Waals surface area contributed by atoms with Gasteiger partial charge in [-0.25, -0.2) is 4.79 Å². The Kier molecular flexibility index (Phi) is 6.88. The molecule has 2 aliphatic heterocycles. The molecule has 1 saturated heterocycles. The predicted molar refractivity (Wildman–Crippen MR) is 115 cm³/mol. The second-order valence-electron chi connectivity index (χ2n) is 9.08. The number of rotatable bonds is 4. The number of para-hydroxylation sites is 1. The van der Waals surface area contributed by atoms with Gasteiger partial charge in [0.15, 0.2) is 5.76 Å². The van der Waals surface area contributed by atoms with Crippen molar-refractivity contribution in [3.05, 3.63) is 54.0 Å². The number of carbonyl (C=O) groups is 2. The van der Waals surface area contributed by atoms with Crippen molar-refractivity contribution in [3.8, 4) is 5.75 Å². The second kappa shape index (κ2) is 9.69. The molecular formula is C24H27F3N2O5. The zero-order valence-electron chi connectivity index (χ0n) is 18.5. The molecule has 2 N–H and O–H groups in total. The Hall–Kier alpha value is -3.01. The number of ether oxygens (including phenoxy) is 1. The van der Waals surface area contributed by atoms with E-state index in [4.69, 9.17) is 19.1 Å². The monoisotopic (exact) mass is 480 g/mol. The van der Waals surface area contributed by atoms with Crippen LogP contribution in [0, 0.1) is 5.92 Å². The van der Waals surface area contributed by atoms with Crippen molar-refractivity contribution >= 4 is 11.9 Å². The normalized spacial score (nSPS) is 21.6. The van der Waals surface area contributed by atoms with Crippen molar-refractivity contribution in [1.82, 2.24) is 10.2 Å². The molecule has 1 amide bonds. The van der Waals surface area contributed by atoms with Crippen LogP contribution in [-0.2, 0) is 4.79 Å². The quantitative estimate of drug-likeness (QED) is 0.674. The number of carboxylic acid groups (broad SMARTS) is 1. The highest BCUT2D eigenvalue weighted by Crippen LogP contribution is 2.44. The number of hydrogen-bond donors (Lipinski definition) is 2. The molecule has 7 nitrogen and oxygen atoms in total. The van der Waals surface area contributed by atoms with Gasteiger partial charge < -0.3 is 24.5 Å². The lowest BCUT2D eigenvalue weighted by atomic mass is 9.80. The SMILES string of the molecule is O=C(NC1CC2(CCN(CC3CC3)CC2)Oc2ccccc21)c1ccco1.O=C(O)C(F)(F)F. The van der Waals surface area contributed by atoms with Crippen LogP contribution < -0.4 is 10.1 Å². The van der Waals surface area contributed by atoms with Gasteiger partial charge >= 0.3 is 12.1 Å². The van der Waals surface area contributed by atoms with Gasteiger partial charge in [0.2, 0.25) is 0 Å². The molecule has 1 aliphatic carbocycles. The maximum atomic E-state index is 12.6. The zero-order valence-corrected chi connectivity index (χ0v) is 18.5. The van der Waals surface area contributed by atoms with Crippen LogP contribution in [0.1, 0.15) is 54.3 Å². The number of piperidine rings is 1. The average Bonchev–Trinajstić information content (AvgIpc) is 3.43. The zero-order chi connectivity index (χ0) is 24.3. The number of furan rings is 1. The van der Waals surface area contributed by atoms with Gasteiger partial charge in [-0.1, -0.05) is 18.2 Å². The summed E-state index contributed by atoms with van der Waals surface area (Å²) in [5, 5.41) is 10.3. The number of carboxylic acids is 1. The molecule has 5 rings (SSSR count). The minimum absolute atomic E-state index is 0.0532. The third kappa shape index (κ3) is 5.91. The smallest absolute Gasteiger partial charge is 0.487 e. The number of halogens is 3. The van der Waals surface area contributed by atoms with E-state index >= 15 is 0 Å². The van der Waals surface area contributed by atoms with E-state index in [2.05, 4.69) is 16.3 Å². The standard InChI is InChI=1S/C22H26N2O3.C2HF3O2/c25-21(20-6-3-13-26-20)23-18-14-22(27-19-5-2-1-4-17(18)19)9-11-24(12-10-22)15-16-7-8-16;3-2(4,5)1(6)7/h1-6,13,16,18H,7-12,14-15H2,(H,23,25);(H,6,7). The van der Waals surface area contributed by atoms with Crippen LogP contribution in [-0.4, -0.2) is 53.3 Å². The van der Waals surface area contributed by atoms with Crippen molar-refractivity contribution in [3.63, 3.8) is 0 Å². The number of hydrogen-bond acceptors (Lipinski definition) is 5. The summed E-state index contributed by atoms with van der Waals surface area (Å²) < 4.78 is 43.5. The van der Waals surface area contributed by atoms with Crippen LogP contribution in [0.25, 0.3) is 0 Å². The van der Waals surface area contributed by atoms with E-state index in [-0.39, 0.29) is 17.6 Å². The lowest BCUT2D eigenvalue weighted by Gasteiger charge is -2.47. The summed E-state index contributed by atoms with van der Waals surface area (Å²) in [6, 6.07) is 11.5. The molecule has 0 radical (unpaired) electrons. The maximum Gasteiger partial charge on any atom is 0.490 e. The van der Waals surface area contributed by atoms with E-state index in [9.17, 15) is 18.0 Å². The number of nitrogens with one attached hydrogen (secondary N) is 1. The third-order valence-corrected chi connectivity index (χ3v) is 6.47. The van der Waals surface area contributed by atoms with Gasteiger partial charge in [-0.3, -0.25) is 4.79 Å². The first kappa shape index (κ1) is 24.1. The molecule has 1 unspecified atom stereocenters. The number of likely N-dealkylation sites (tertiary alicyclic amines) is 1. The molecule has 1 aromatic carbocycles. The number of benzene rings is 1. The summed E-state index contributed by atoms with van der Waals surface area (Å²) in [7, 11) is 0. The van der Waals surface area contributed by atoms with E-state index in [1.165, 1.54) is 25.6 Å². The van der Waals surface area contributed by atoms with Crippen molar-refractivity contribution in [2.75, 3.05) is 19.6 Å². The number of nitrogens with zero attached hydrogens (tertiary/aromatic N) is 1. The molecule has 2 fully saturated rings. The lowest BCUT2D eigenvalue weighted by Crippen LogP contribution is -2.52. The fourth-order valence-corrected chi connectivity index (χ4v) is 4.50. The summed E-state index contributed by atoms with van der Waals surface area (Å²) in [6.07, 6.45) is 2.08. The summed E-state index contributed by atoms with van der Waals surface area (Å²) >= 11 is 0. The van der Waals surface area contributed by atoms with Gasteiger partial charge in [0.25, 0.3) is 5.91 Å². The first-order chi connectivity index (χ1) is 16.2. The summed E-state index contributed by atoms with van der Waals surface area (Å²) in [5.41, 5.74) is 0.874. The fraction of sp³-hybridized carbons (Fsp3) is 0.500. The van der Waals surface area contributed by atoms with E-state index in [1.807, 2.05) is 18.2 Å². The fourth-order valence-electron chi connectivity index (χ4n) is 4.50. The molecule has 1 saturated carbocycles. The molecule has 3 heterocycles. The maximum absolute atomic E-state index is 12.6. The molecule has 2 aromatic rings. The van der Waals surface area contributed by atoms with E-state index in [1.54, 1.807) is 12.1 Å². The molecule has 10 heteroatoms. The first-order valence-electron chi connectivity index (χ1n) is 11.3. The highest BCUT2D eigenvalue weighted by molar-refractivity contribution is 5.91. The molecule has 184 valence electrons. The average molecular weight is 480 g/mol. The Labute approximate surface area is 194 Å². The van der Waals surface area contributed by atoms with E-state index < -0.39 is 12.1 Å². The van der Waals surface area contributed by atoms with Crippen molar-refractivity contribution in [1.29, 1.82) is 0 Å². The topological polar surface area (TPSA) is 92.0 Å². The minimum Gasteiger partial charge on any atom is -0.487 e. The van der Waals surface area contributed by atoms with Crippen LogP contribution in [0.5, 0.6) is 5.75 Å². The molecule has 34 heavy (non-hydrogen) atoms. The van der Waals surface area contributed by atoms with Crippen LogP contribution in [0.2, 0.25) is 0 Å². The van der Waals surface area contributed by atoms with Crippen molar-refractivity contribution in [2.24, 2.45) is 5.92 Å². The van der Waals surface area contributed by atoms with Crippen LogP contribution in [0.3, 0.4) is 0 Å². The number of amides is 1. The second-order valence-corrected chi connectivity index (χ2v) is 9.08.